The molecule has 0 aliphatic carbocycles. The molecule has 0 aliphatic rings. The van der Waals surface area contributed by atoms with E-state index in [1.807, 2.05) is 0 Å². The van der Waals surface area contributed by atoms with Gasteiger partial charge in [-0.05, 0) is 51.0 Å². The van der Waals surface area contributed by atoms with Gasteiger partial charge in [0, 0.05) is 11.4 Å². The highest BCUT2D eigenvalue weighted by molar-refractivity contribution is 5.57. The molecule has 0 bridgehead atoms. The SMILES string of the molecule is Cc1ccccc1NC(C)(C)Nc1ccccc1C. The van der Waals surface area contributed by atoms with Gasteiger partial charge in [0.1, 0.15) is 5.66 Å². The van der Waals surface area contributed by atoms with E-state index < -0.39 is 0 Å². The summed E-state index contributed by atoms with van der Waals surface area (Å²) in [7, 11) is 0. The lowest BCUT2D eigenvalue weighted by Gasteiger charge is -2.31. The highest BCUT2D eigenvalue weighted by Crippen LogP contribution is 2.22. The Morgan fingerprint density at radius 3 is 1.42 bits per heavy atom. The highest BCUT2D eigenvalue weighted by Gasteiger charge is 2.18. The van der Waals surface area contributed by atoms with Crippen LogP contribution in [-0.4, -0.2) is 5.66 Å². The average Bonchev–Trinajstić information content (AvgIpc) is 2.35. The normalized spacial score (nSPS) is 11.2. The highest BCUT2D eigenvalue weighted by atomic mass is 15.2. The van der Waals surface area contributed by atoms with Crippen LogP contribution >= 0.6 is 0 Å². The van der Waals surface area contributed by atoms with Crippen LogP contribution in [0, 0.1) is 13.8 Å². The van der Waals surface area contributed by atoms with Gasteiger partial charge >= 0.3 is 0 Å². The molecule has 2 aromatic carbocycles. The largest absolute Gasteiger partial charge is 0.363 e. The number of hydrogen-bond donors (Lipinski definition) is 2. The Morgan fingerprint density at radius 1 is 0.684 bits per heavy atom. The monoisotopic (exact) mass is 254 g/mol. The van der Waals surface area contributed by atoms with Crippen molar-refractivity contribution >= 4 is 11.4 Å². The second kappa shape index (κ2) is 5.35. The van der Waals surface area contributed by atoms with Crippen LogP contribution in [-0.2, 0) is 0 Å². The van der Waals surface area contributed by atoms with Crippen molar-refractivity contribution in [2.24, 2.45) is 0 Å². The molecule has 100 valence electrons. The summed E-state index contributed by atoms with van der Waals surface area (Å²) >= 11 is 0. The zero-order valence-electron chi connectivity index (χ0n) is 12.1. The maximum absolute atomic E-state index is 3.55. The van der Waals surface area contributed by atoms with Crippen molar-refractivity contribution in [1.82, 2.24) is 0 Å². The average molecular weight is 254 g/mol. The third-order valence-electron chi connectivity index (χ3n) is 3.18. The molecule has 2 heteroatoms. The Hall–Kier alpha value is -1.96. The Labute approximate surface area is 115 Å². The first-order valence-corrected chi connectivity index (χ1v) is 6.65. The van der Waals surface area contributed by atoms with Gasteiger partial charge in [0.15, 0.2) is 0 Å². The summed E-state index contributed by atoms with van der Waals surface area (Å²) in [5, 5.41) is 7.10. The Balaban J connectivity index is 2.15. The van der Waals surface area contributed by atoms with Crippen molar-refractivity contribution in [2.45, 2.75) is 33.4 Å². The molecule has 0 atom stereocenters. The lowest BCUT2D eigenvalue weighted by Crippen LogP contribution is -2.40. The van der Waals surface area contributed by atoms with Crippen LogP contribution in [0.3, 0.4) is 0 Å². The van der Waals surface area contributed by atoms with Gasteiger partial charge < -0.3 is 10.6 Å². The molecule has 2 aromatic rings. The van der Waals surface area contributed by atoms with Gasteiger partial charge in [0.25, 0.3) is 0 Å². The van der Waals surface area contributed by atoms with Crippen molar-refractivity contribution < 1.29 is 0 Å². The van der Waals surface area contributed by atoms with E-state index in [9.17, 15) is 0 Å². The summed E-state index contributed by atoms with van der Waals surface area (Å²) in [6.45, 7) is 8.52. The van der Waals surface area contributed by atoms with Crippen LogP contribution in [0.4, 0.5) is 11.4 Å². The smallest absolute Gasteiger partial charge is 0.102 e. The second-order valence-corrected chi connectivity index (χ2v) is 5.50. The lowest BCUT2D eigenvalue weighted by molar-refractivity contribution is 0.651. The number of aryl methyl sites for hydroxylation is 2. The van der Waals surface area contributed by atoms with E-state index in [4.69, 9.17) is 0 Å². The van der Waals surface area contributed by atoms with E-state index in [2.05, 4.69) is 86.9 Å². The number of hydrogen-bond acceptors (Lipinski definition) is 2. The van der Waals surface area contributed by atoms with Crippen LogP contribution < -0.4 is 10.6 Å². The van der Waals surface area contributed by atoms with Crippen LogP contribution in [0.5, 0.6) is 0 Å². The summed E-state index contributed by atoms with van der Waals surface area (Å²) in [5.74, 6) is 0. The summed E-state index contributed by atoms with van der Waals surface area (Å²) < 4.78 is 0. The Kier molecular flexibility index (Phi) is 3.79. The predicted octanol–water partition coefficient (Wildman–Crippen LogP) is 4.56. The van der Waals surface area contributed by atoms with Gasteiger partial charge in [-0.3, -0.25) is 0 Å². The summed E-state index contributed by atoms with van der Waals surface area (Å²) in [6.07, 6.45) is 0. The van der Waals surface area contributed by atoms with Crippen LogP contribution in [0.25, 0.3) is 0 Å². The quantitative estimate of drug-likeness (QED) is 0.781. The van der Waals surface area contributed by atoms with E-state index in [-0.39, 0.29) is 5.66 Å². The molecule has 0 saturated carbocycles. The van der Waals surface area contributed by atoms with Gasteiger partial charge in [0.2, 0.25) is 0 Å². The zero-order chi connectivity index (χ0) is 13.9. The molecule has 19 heavy (non-hydrogen) atoms. The van der Waals surface area contributed by atoms with E-state index in [1.165, 1.54) is 11.1 Å². The Morgan fingerprint density at radius 2 is 1.05 bits per heavy atom. The topological polar surface area (TPSA) is 24.1 Å². The molecule has 0 saturated heterocycles. The lowest BCUT2D eigenvalue weighted by atomic mass is 10.1. The molecule has 0 aliphatic heterocycles. The first-order chi connectivity index (χ1) is 8.98. The van der Waals surface area contributed by atoms with Gasteiger partial charge in [-0.15, -0.1) is 0 Å². The standard InChI is InChI=1S/C17H22N2/c1-13-9-5-7-11-15(13)18-17(3,4)19-16-12-8-6-10-14(16)2/h5-12,18-19H,1-4H3. The third-order valence-corrected chi connectivity index (χ3v) is 3.18. The fourth-order valence-corrected chi connectivity index (χ4v) is 2.13. The van der Waals surface area contributed by atoms with E-state index in [0.29, 0.717) is 0 Å². The maximum Gasteiger partial charge on any atom is 0.102 e. The maximum atomic E-state index is 3.55. The second-order valence-electron chi connectivity index (χ2n) is 5.50. The number of rotatable bonds is 4. The number of anilines is 2. The molecule has 0 unspecified atom stereocenters. The fraction of sp³-hybridized carbons (Fsp3) is 0.294. The molecule has 2 nitrogen and oxygen atoms in total. The first kappa shape index (κ1) is 13.5. The molecular weight excluding hydrogens is 232 g/mol. The molecule has 0 fully saturated rings. The van der Waals surface area contributed by atoms with Crippen molar-refractivity contribution in [2.75, 3.05) is 10.6 Å². The minimum absolute atomic E-state index is 0.210. The molecule has 0 heterocycles. The molecule has 0 spiro atoms. The third kappa shape index (κ3) is 3.50. The summed E-state index contributed by atoms with van der Waals surface area (Å²) in [6, 6.07) is 16.7. The predicted molar refractivity (Wildman–Crippen MR) is 83.7 cm³/mol. The molecule has 0 radical (unpaired) electrons. The molecule has 0 amide bonds. The van der Waals surface area contributed by atoms with Gasteiger partial charge in [0.05, 0.1) is 0 Å². The molecule has 2 rings (SSSR count). The van der Waals surface area contributed by atoms with E-state index in [0.717, 1.165) is 11.4 Å². The Bertz CT molecular complexity index is 509. The van der Waals surface area contributed by atoms with Gasteiger partial charge in [-0.1, -0.05) is 36.4 Å². The van der Waals surface area contributed by atoms with E-state index in [1.54, 1.807) is 0 Å². The minimum Gasteiger partial charge on any atom is -0.363 e. The number of para-hydroxylation sites is 2. The first-order valence-electron chi connectivity index (χ1n) is 6.65. The fourth-order valence-electron chi connectivity index (χ4n) is 2.13. The van der Waals surface area contributed by atoms with Crippen molar-refractivity contribution in [1.29, 1.82) is 0 Å². The molecule has 0 aromatic heterocycles. The van der Waals surface area contributed by atoms with Crippen molar-refractivity contribution in [3.05, 3.63) is 59.7 Å². The number of nitrogens with one attached hydrogen (secondary N) is 2. The summed E-state index contributed by atoms with van der Waals surface area (Å²) in [4.78, 5) is 0. The zero-order valence-corrected chi connectivity index (χ0v) is 12.1. The summed E-state index contributed by atoms with van der Waals surface area (Å²) in [5.41, 5.74) is 4.62. The van der Waals surface area contributed by atoms with Gasteiger partial charge in [-0.25, -0.2) is 0 Å². The van der Waals surface area contributed by atoms with Crippen molar-refractivity contribution in [3.8, 4) is 0 Å². The number of benzene rings is 2. The molecular formula is C17H22N2. The van der Waals surface area contributed by atoms with Gasteiger partial charge in [-0.2, -0.15) is 0 Å². The molecule has 2 N–H and O–H groups in total. The van der Waals surface area contributed by atoms with Crippen LogP contribution in [0.1, 0.15) is 25.0 Å². The van der Waals surface area contributed by atoms with Crippen LogP contribution in [0.2, 0.25) is 0 Å². The van der Waals surface area contributed by atoms with E-state index >= 15 is 0 Å². The van der Waals surface area contributed by atoms with Crippen molar-refractivity contribution in [3.63, 3.8) is 0 Å². The van der Waals surface area contributed by atoms with Crippen LogP contribution in [0.15, 0.2) is 48.5 Å². The minimum atomic E-state index is -0.210.